The summed E-state index contributed by atoms with van der Waals surface area (Å²) in [4.78, 5) is 2.72. The minimum atomic E-state index is -3.25. The lowest BCUT2D eigenvalue weighted by Crippen LogP contribution is -2.54. The van der Waals surface area contributed by atoms with Gasteiger partial charge in [0.05, 0.1) is 10.9 Å². The summed E-state index contributed by atoms with van der Waals surface area (Å²) >= 11 is 12.8. The molecule has 29 heavy (non-hydrogen) atoms. The molecule has 0 unspecified atom stereocenters. The van der Waals surface area contributed by atoms with E-state index in [9.17, 15) is 8.42 Å². The molecule has 0 amide bonds. The number of fused-ring (bicyclic) bond motifs is 1. The third-order valence-corrected chi connectivity index (χ3v) is 7.33. The van der Waals surface area contributed by atoms with Gasteiger partial charge in [-0.25, -0.2) is 8.42 Å². The lowest BCUT2D eigenvalue weighted by atomic mass is 10.1. The molecule has 3 atom stereocenters. The molecule has 8 heteroatoms. The number of nitrogens with one attached hydrogen (secondary N) is 1. The first-order valence-electron chi connectivity index (χ1n) is 9.64. The van der Waals surface area contributed by atoms with E-state index in [-0.39, 0.29) is 17.0 Å². The van der Waals surface area contributed by atoms with Gasteiger partial charge in [-0.1, -0.05) is 23.2 Å². The first-order valence-corrected chi connectivity index (χ1v) is 12.3. The molecule has 1 fully saturated rings. The number of rotatable bonds is 4. The summed E-state index contributed by atoms with van der Waals surface area (Å²) in [7, 11) is -3.25. The van der Waals surface area contributed by atoms with Crippen LogP contribution in [0.5, 0.6) is 5.75 Å². The minimum absolute atomic E-state index is 0.139. The van der Waals surface area contributed by atoms with Crippen LogP contribution in [-0.2, 0) is 16.3 Å². The van der Waals surface area contributed by atoms with Gasteiger partial charge in [-0.15, -0.1) is 0 Å². The third kappa shape index (κ3) is 4.42. The molecule has 5 nitrogen and oxygen atoms in total. The first-order chi connectivity index (χ1) is 13.7. The Labute approximate surface area is 181 Å². The molecule has 2 aromatic carbocycles. The van der Waals surface area contributed by atoms with Crippen molar-refractivity contribution in [1.29, 1.82) is 0 Å². The van der Waals surface area contributed by atoms with Crippen LogP contribution in [0.3, 0.4) is 0 Å². The monoisotopic (exact) mass is 454 g/mol. The SMILES string of the molecule is C[C@@H]1CN([C@H]2Cc3c(Cl)cc(Cl)cc3[C@@H]2Oc2ccc(S(C)(=O)=O)cc2)CCN1. The van der Waals surface area contributed by atoms with Crippen LogP contribution >= 0.6 is 23.2 Å². The maximum Gasteiger partial charge on any atom is 0.175 e. The molecule has 4 rings (SSSR count). The number of hydrogen-bond acceptors (Lipinski definition) is 5. The van der Waals surface area contributed by atoms with Gasteiger partial charge in [-0.2, -0.15) is 0 Å². The van der Waals surface area contributed by atoms with Crippen molar-refractivity contribution in [2.45, 2.75) is 36.4 Å². The highest BCUT2D eigenvalue weighted by atomic mass is 35.5. The molecule has 0 saturated carbocycles. The van der Waals surface area contributed by atoms with Crippen LogP contribution in [0, 0.1) is 0 Å². The zero-order valence-electron chi connectivity index (χ0n) is 16.4. The summed E-state index contributed by atoms with van der Waals surface area (Å²) in [5.41, 5.74) is 2.08. The largest absolute Gasteiger partial charge is 0.484 e. The molecule has 0 spiro atoms. The Morgan fingerprint density at radius 3 is 2.55 bits per heavy atom. The zero-order chi connectivity index (χ0) is 20.8. The van der Waals surface area contributed by atoms with Gasteiger partial charge in [-0.05, 0) is 55.3 Å². The molecule has 0 radical (unpaired) electrons. The fourth-order valence-electron chi connectivity index (χ4n) is 4.25. The second-order valence-electron chi connectivity index (χ2n) is 7.86. The van der Waals surface area contributed by atoms with Crippen molar-refractivity contribution in [1.82, 2.24) is 10.2 Å². The maximum atomic E-state index is 11.7. The molecular weight excluding hydrogens is 431 g/mol. The fraction of sp³-hybridized carbons (Fsp3) is 0.429. The standard InChI is InChI=1S/C21H24Cl2N2O3S/c1-13-12-25(8-7-24-13)20-11-17-18(9-14(22)10-19(17)23)21(20)28-15-3-5-16(6-4-15)29(2,26)27/h3-6,9-10,13,20-21,24H,7-8,11-12H2,1-2H3/t13-,20+,21+/m1/s1. The molecule has 2 aliphatic rings. The molecule has 0 bridgehead atoms. The fourth-order valence-corrected chi connectivity index (χ4v) is 5.47. The Morgan fingerprint density at radius 2 is 1.90 bits per heavy atom. The smallest absolute Gasteiger partial charge is 0.175 e. The molecule has 1 saturated heterocycles. The third-order valence-electron chi connectivity index (χ3n) is 5.65. The highest BCUT2D eigenvalue weighted by Crippen LogP contribution is 2.42. The van der Waals surface area contributed by atoms with Crippen molar-refractivity contribution >= 4 is 33.0 Å². The Morgan fingerprint density at radius 1 is 1.17 bits per heavy atom. The number of piperazine rings is 1. The van der Waals surface area contributed by atoms with Crippen LogP contribution in [0.15, 0.2) is 41.3 Å². The second-order valence-corrected chi connectivity index (χ2v) is 10.7. The van der Waals surface area contributed by atoms with E-state index in [0.717, 1.165) is 37.2 Å². The van der Waals surface area contributed by atoms with Gasteiger partial charge in [0.1, 0.15) is 11.9 Å². The lowest BCUT2D eigenvalue weighted by Gasteiger charge is -2.38. The van der Waals surface area contributed by atoms with E-state index in [4.69, 9.17) is 27.9 Å². The predicted molar refractivity (Wildman–Crippen MR) is 116 cm³/mol. The van der Waals surface area contributed by atoms with E-state index in [1.165, 1.54) is 6.26 Å². The van der Waals surface area contributed by atoms with Crippen LogP contribution in [0.2, 0.25) is 10.0 Å². The molecule has 1 heterocycles. The maximum absolute atomic E-state index is 11.7. The molecule has 2 aromatic rings. The quantitative estimate of drug-likeness (QED) is 0.762. The van der Waals surface area contributed by atoms with Crippen molar-refractivity contribution in [3.05, 3.63) is 57.6 Å². The normalized spacial score (nSPS) is 25.0. The number of nitrogens with zero attached hydrogens (tertiary/aromatic N) is 1. The van der Waals surface area contributed by atoms with E-state index in [0.29, 0.717) is 21.8 Å². The van der Waals surface area contributed by atoms with Crippen LogP contribution in [0.4, 0.5) is 0 Å². The van der Waals surface area contributed by atoms with Crippen LogP contribution in [0.1, 0.15) is 24.2 Å². The van der Waals surface area contributed by atoms with E-state index in [1.54, 1.807) is 30.3 Å². The second kappa shape index (κ2) is 8.08. The van der Waals surface area contributed by atoms with Crippen molar-refractivity contribution in [2.24, 2.45) is 0 Å². The number of hydrogen-bond donors (Lipinski definition) is 1. The Hall–Kier alpha value is -1.31. The summed E-state index contributed by atoms with van der Waals surface area (Å²) in [6.45, 7) is 4.97. The van der Waals surface area contributed by atoms with E-state index in [2.05, 4.69) is 17.1 Å². The molecular formula is C21H24Cl2N2O3S. The number of benzene rings is 2. The van der Waals surface area contributed by atoms with Crippen molar-refractivity contribution in [3.63, 3.8) is 0 Å². The Bertz CT molecular complexity index is 1010. The minimum Gasteiger partial charge on any atom is -0.484 e. The molecule has 1 N–H and O–H groups in total. The number of ether oxygens (including phenoxy) is 1. The topological polar surface area (TPSA) is 58.6 Å². The van der Waals surface area contributed by atoms with Crippen LogP contribution in [0.25, 0.3) is 0 Å². The van der Waals surface area contributed by atoms with Gasteiger partial charge in [0.15, 0.2) is 9.84 Å². The van der Waals surface area contributed by atoms with Gasteiger partial charge in [0.2, 0.25) is 0 Å². The zero-order valence-corrected chi connectivity index (χ0v) is 18.7. The van der Waals surface area contributed by atoms with Gasteiger partial charge in [0, 0.05) is 47.5 Å². The average molecular weight is 455 g/mol. The van der Waals surface area contributed by atoms with Crippen molar-refractivity contribution in [2.75, 3.05) is 25.9 Å². The summed E-state index contributed by atoms with van der Waals surface area (Å²) in [6.07, 6.45) is 1.77. The average Bonchev–Trinajstić information content (AvgIpc) is 3.00. The molecule has 0 aromatic heterocycles. The lowest BCUT2D eigenvalue weighted by molar-refractivity contribution is 0.0595. The van der Waals surface area contributed by atoms with Crippen LogP contribution < -0.4 is 10.1 Å². The predicted octanol–water partition coefficient (Wildman–Crippen LogP) is 3.74. The molecule has 156 valence electrons. The Balaban J connectivity index is 1.67. The summed E-state index contributed by atoms with van der Waals surface area (Å²) in [5, 5.41) is 4.73. The van der Waals surface area contributed by atoms with Crippen molar-refractivity contribution < 1.29 is 13.2 Å². The van der Waals surface area contributed by atoms with Crippen LogP contribution in [-0.4, -0.2) is 51.3 Å². The van der Waals surface area contributed by atoms with Gasteiger partial charge in [-0.3, -0.25) is 4.90 Å². The van der Waals surface area contributed by atoms with Crippen molar-refractivity contribution in [3.8, 4) is 5.75 Å². The molecule has 1 aliphatic carbocycles. The van der Waals surface area contributed by atoms with E-state index >= 15 is 0 Å². The summed E-state index contributed by atoms with van der Waals surface area (Å²) < 4.78 is 29.9. The summed E-state index contributed by atoms with van der Waals surface area (Å²) in [6, 6.07) is 10.8. The number of sulfone groups is 1. The highest BCUT2D eigenvalue weighted by Gasteiger charge is 2.40. The van der Waals surface area contributed by atoms with Gasteiger partial charge < -0.3 is 10.1 Å². The van der Waals surface area contributed by atoms with Gasteiger partial charge in [0.25, 0.3) is 0 Å². The highest BCUT2D eigenvalue weighted by molar-refractivity contribution is 7.90. The molecule has 1 aliphatic heterocycles. The van der Waals surface area contributed by atoms with Gasteiger partial charge >= 0.3 is 0 Å². The number of halogens is 2. The Kier molecular flexibility index (Phi) is 5.84. The van der Waals surface area contributed by atoms with E-state index < -0.39 is 9.84 Å². The first kappa shape index (κ1) is 20.9. The summed E-state index contributed by atoms with van der Waals surface area (Å²) in [5.74, 6) is 0.625. The van der Waals surface area contributed by atoms with E-state index in [1.807, 2.05) is 6.07 Å².